The predicted octanol–water partition coefficient (Wildman–Crippen LogP) is 17.8. The van der Waals surface area contributed by atoms with Gasteiger partial charge in [0.15, 0.2) is 0 Å². The number of anilines is 5. The second-order valence-electron chi connectivity index (χ2n) is 17.9. The highest BCUT2D eigenvalue weighted by Crippen LogP contribution is 2.54. The van der Waals surface area contributed by atoms with Crippen molar-refractivity contribution in [1.82, 2.24) is 0 Å². The van der Waals surface area contributed by atoms with E-state index in [9.17, 15) is 0 Å². The fourth-order valence-corrected chi connectivity index (χ4v) is 11.3. The minimum atomic E-state index is 0.389. The molecule has 0 unspecified atom stereocenters. The quantitative estimate of drug-likeness (QED) is 0.148. The van der Waals surface area contributed by atoms with E-state index in [0.29, 0.717) is 6.04 Å². The van der Waals surface area contributed by atoms with Gasteiger partial charge in [0.05, 0.1) is 17.1 Å². The number of hydrogen-bond donors (Lipinski definition) is 0. The molecule has 1 saturated carbocycles. The maximum atomic E-state index is 2.78. The Morgan fingerprint density at radius 2 is 0.672 bits per heavy atom. The summed E-state index contributed by atoms with van der Waals surface area (Å²) in [6, 6.07) is 75.4. The molecular formula is C62H50N2. The van der Waals surface area contributed by atoms with Crippen LogP contribution in [0.4, 0.5) is 28.4 Å². The van der Waals surface area contributed by atoms with Gasteiger partial charge in [-0.25, -0.2) is 0 Å². The summed E-state index contributed by atoms with van der Waals surface area (Å²) in [5.41, 5.74) is 11.3. The van der Waals surface area contributed by atoms with Gasteiger partial charge in [0, 0.05) is 49.7 Å². The topological polar surface area (TPSA) is 6.48 Å². The predicted molar refractivity (Wildman–Crippen MR) is 277 cm³/mol. The monoisotopic (exact) mass is 822 g/mol. The lowest BCUT2D eigenvalue weighted by Crippen LogP contribution is -2.33. The SMILES string of the molecule is Cc1ccc(N(c2ccccc2)c2c3ccccc3c(-c3c4ccccc4c(N(c4ccc(C)c5ccccc45)C4CCCCC4)c4ccccc34)c3ccccc23)c2ccccc12. The van der Waals surface area contributed by atoms with Crippen LogP contribution in [0.3, 0.4) is 0 Å². The van der Waals surface area contributed by atoms with Gasteiger partial charge in [-0.05, 0) is 106 Å². The lowest BCUT2D eigenvalue weighted by Gasteiger charge is -2.39. The van der Waals surface area contributed by atoms with Crippen LogP contribution in [0.25, 0.3) is 75.8 Å². The molecule has 2 nitrogen and oxygen atoms in total. The fraction of sp³-hybridized carbons (Fsp3) is 0.129. The number of nitrogens with zero attached hydrogens (tertiary/aromatic N) is 2. The van der Waals surface area contributed by atoms with Gasteiger partial charge in [-0.1, -0.05) is 195 Å². The number of para-hydroxylation sites is 1. The summed E-state index contributed by atoms with van der Waals surface area (Å²) in [5.74, 6) is 0. The first-order valence-corrected chi connectivity index (χ1v) is 23.1. The zero-order valence-corrected chi connectivity index (χ0v) is 36.6. The molecule has 0 aromatic heterocycles. The van der Waals surface area contributed by atoms with Crippen LogP contribution in [0.5, 0.6) is 0 Å². The summed E-state index contributed by atoms with van der Waals surface area (Å²) in [6.45, 7) is 4.47. The highest BCUT2D eigenvalue weighted by Gasteiger charge is 2.30. The Morgan fingerprint density at radius 3 is 1.14 bits per heavy atom. The smallest absolute Gasteiger partial charge is 0.0619 e. The van der Waals surface area contributed by atoms with Crippen LogP contribution in [0.15, 0.2) is 200 Å². The van der Waals surface area contributed by atoms with Gasteiger partial charge in [0.1, 0.15) is 0 Å². The Balaban J connectivity index is 1.20. The molecule has 308 valence electrons. The van der Waals surface area contributed by atoms with Crippen LogP contribution in [0, 0.1) is 13.8 Å². The maximum absolute atomic E-state index is 2.78. The summed E-state index contributed by atoms with van der Waals surface area (Å²) >= 11 is 0. The summed E-state index contributed by atoms with van der Waals surface area (Å²) in [5, 5.41) is 15.2. The van der Waals surface area contributed by atoms with Crippen LogP contribution in [0.2, 0.25) is 0 Å². The lowest BCUT2D eigenvalue weighted by molar-refractivity contribution is 0.437. The van der Waals surface area contributed by atoms with E-state index in [-0.39, 0.29) is 0 Å². The molecule has 2 heteroatoms. The molecule has 0 bridgehead atoms. The summed E-state index contributed by atoms with van der Waals surface area (Å²) in [6.07, 6.45) is 6.16. The second kappa shape index (κ2) is 15.7. The molecule has 0 aliphatic heterocycles. The molecule has 64 heavy (non-hydrogen) atoms. The summed E-state index contributed by atoms with van der Waals surface area (Å²) in [4.78, 5) is 5.29. The highest BCUT2D eigenvalue weighted by atomic mass is 15.2. The highest BCUT2D eigenvalue weighted by molar-refractivity contribution is 6.31. The van der Waals surface area contributed by atoms with Gasteiger partial charge in [0.25, 0.3) is 0 Å². The van der Waals surface area contributed by atoms with Gasteiger partial charge < -0.3 is 9.80 Å². The summed E-state index contributed by atoms with van der Waals surface area (Å²) in [7, 11) is 0. The van der Waals surface area contributed by atoms with Crippen molar-refractivity contribution in [3.63, 3.8) is 0 Å². The molecule has 0 spiro atoms. The van der Waals surface area contributed by atoms with Crippen LogP contribution in [-0.2, 0) is 0 Å². The van der Waals surface area contributed by atoms with Crippen LogP contribution >= 0.6 is 0 Å². The average molecular weight is 823 g/mol. The Kier molecular flexibility index (Phi) is 9.41. The van der Waals surface area contributed by atoms with Crippen LogP contribution in [-0.4, -0.2) is 6.04 Å². The molecule has 11 aromatic rings. The molecular weight excluding hydrogens is 773 g/mol. The van der Waals surface area contributed by atoms with Crippen molar-refractivity contribution in [1.29, 1.82) is 0 Å². The van der Waals surface area contributed by atoms with Gasteiger partial charge in [-0.3, -0.25) is 0 Å². The van der Waals surface area contributed by atoms with E-state index in [4.69, 9.17) is 0 Å². The van der Waals surface area contributed by atoms with E-state index in [1.165, 1.54) is 142 Å². The van der Waals surface area contributed by atoms with Crippen molar-refractivity contribution in [2.45, 2.75) is 52.0 Å². The Labute approximate surface area is 375 Å². The molecule has 11 aromatic carbocycles. The first kappa shape index (κ1) is 38.3. The number of hydrogen-bond acceptors (Lipinski definition) is 2. The minimum absolute atomic E-state index is 0.389. The normalized spacial score (nSPS) is 13.4. The number of rotatable bonds is 7. The molecule has 12 rings (SSSR count). The lowest BCUT2D eigenvalue weighted by atomic mass is 9.83. The van der Waals surface area contributed by atoms with Crippen molar-refractivity contribution in [3.8, 4) is 11.1 Å². The molecule has 1 aliphatic rings. The third kappa shape index (κ3) is 6.08. The van der Waals surface area contributed by atoms with Crippen LogP contribution in [0.1, 0.15) is 43.2 Å². The van der Waals surface area contributed by atoms with Crippen molar-refractivity contribution in [3.05, 3.63) is 211 Å². The summed E-state index contributed by atoms with van der Waals surface area (Å²) < 4.78 is 0. The zero-order valence-electron chi connectivity index (χ0n) is 36.6. The Morgan fingerprint density at radius 1 is 0.312 bits per heavy atom. The van der Waals surface area contributed by atoms with E-state index in [1.54, 1.807) is 0 Å². The molecule has 1 fully saturated rings. The average Bonchev–Trinajstić information content (AvgIpc) is 3.36. The number of fused-ring (bicyclic) bond motifs is 6. The molecule has 0 heterocycles. The van der Waals surface area contributed by atoms with Gasteiger partial charge in [-0.2, -0.15) is 0 Å². The van der Waals surface area contributed by atoms with Crippen molar-refractivity contribution >= 4 is 93.1 Å². The third-order valence-electron chi connectivity index (χ3n) is 14.2. The molecule has 1 aliphatic carbocycles. The standard InChI is InChI=1S/C62H50N2/c1-41-37-39-57(47-27-11-9-25-45(41)47)63(43-21-5-3-6-22-43)61-53-33-17-13-29-49(53)59(50-30-14-18-34-54(50)61)60-51-31-15-19-35-55(51)62(56-36-20-16-32-52(56)60)64(44-23-7-4-8-24-44)58-40-38-42(2)46-26-10-12-28-48(46)58/h3,5-6,9-22,25-40,44H,4,7-8,23-24H2,1-2H3. The molecule has 0 saturated heterocycles. The first-order chi connectivity index (χ1) is 31.7. The number of benzene rings is 11. The number of aryl methyl sites for hydroxylation is 2. The van der Waals surface area contributed by atoms with E-state index >= 15 is 0 Å². The minimum Gasteiger partial charge on any atom is -0.337 e. The van der Waals surface area contributed by atoms with Crippen molar-refractivity contribution < 1.29 is 0 Å². The second-order valence-corrected chi connectivity index (χ2v) is 17.9. The Hall–Kier alpha value is -7.42. The van der Waals surface area contributed by atoms with Crippen molar-refractivity contribution in [2.75, 3.05) is 9.80 Å². The molecule has 0 radical (unpaired) electrons. The van der Waals surface area contributed by atoms with Crippen LogP contribution < -0.4 is 9.80 Å². The molecule has 0 amide bonds. The first-order valence-electron chi connectivity index (χ1n) is 23.1. The zero-order chi connectivity index (χ0) is 42.7. The van der Waals surface area contributed by atoms with E-state index in [0.717, 1.165) is 5.69 Å². The van der Waals surface area contributed by atoms with Gasteiger partial charge >= 0.3 is 0 Å². The fourth-order valence-electron chi connectivity index (χ4n) is 11.3. The van der Waals surface area contributed by atoms with E-state index < -0.39 is 0 Å². The maximum Gasteiger partial charge on any atom is 0.0619 e. The van der Waals surface area contributed by atoms with Gasteiger partial charge in [-0.15, -0.1) is 0 Å². The third-order valence-corrected chi connectivity index (χ3v) is 14.2. The van der Waals surface area contributed by atoms with E-state index in [1.807, 2.05) is 0 Å². The Bertz CT molecular complexity index is 3470. The molecule has 0 N–H and O–H groups in total. The largest absolute Gasteiger partial charge is 0.337 e. The molecule has 0 atom stereocenters. The van der Waals surface area contributed by atoms with Gasteiger partial charge in [0.2, 0.25) is 0 Å². The van der Waals surface area contributed by atoms with E-state index in [2.05, 4.69) is 224 Å². The van der Waals surface area contributed by atoms with Crippen molar-refractivity contribution in [2.24, 2.45) is 0 Å².